The van der Waals surface area contributed by atoms with Crippen LogP contribution >= 0.6 is 23.2 Å². The maximum absolute atomic E-state index is 11.8. The molecule has 0 radical (unpaired) electrons. The van der Waals surface area contributed by atoms with E-state index in [1.54, 1.807) is 25.1 Å². The standard InChI is InChI=1S/C23H28Cl2N2O6/c1-3-30-23(29)21-12-32-20-7-14(4-5-19(20)33-21)6-13(2)27-10-15(28)11-31-16-8-17(24)22(26)18(25)9-16/h4-5,7-9,13,15,21,27-28H,3,6,10-12,26H2,1-2H3/t13-,15+,21?/m1/s1. The fraction of sp³-hybridized carbons (Fsp3) is 0.435. The Bertz CT molecular complexity index is 951. The van der Waals surface area contributed by atoms with Crippen molar-refractivity contribution in [3.8, 4) is 17.2 Å². The Balaban J connectivity index is 1.44. The third kappa shape index (κ3) is 7.04. The van der Waals surface area contributed by atoms with Crippen LogP contribution in [-0.2, 0) is 16.0 Å². The van der Waals surface area contributed by atoms with Crippen LogP contribution in [0.3, 0.4) is 0 Å². The van der Waals surface area contributed by atoms with E-state index < -0.39 is 18.2 Å². The summed E-state index contributed by atoms with van der Waals surface area (Å²) in [6.07, 6.45) is -0.787. The number of carbonyl (C=O) groups is 1. The van der Waals surface area contributed by atoms with Crippen molar-refractivity contribution in [3.63, 3.8) is 0 Å². The summed E-state index contributed by atoms with van der Waals surface area (Å²) < 4.78 is 21.9. The smallest absolute Gasteiger partial charge is 0.350 e. The summed E-state index contributed by atoms with van der Waals surface area (Å²) in [5.74, 6) is 1.11. The summed E-state index contributed by atoms with van der Waals surface area (Å²) in [4.78, 5) is 11.8. The molecule has 3 atom stereocenters. The van der Waals surface area contributed by atoms with Gasteiger partial charge in [0.1, 0.15) is 25.1 Å². The summed E-state index contributed by atoms with van der Waals surface area (Å²) in [6, 6.07) is 8.79. The molecule has 0 aliphatic carbocycles. The molecule has 0 amide bonds. The molecule has 0 fully saturated rings. The fourth-order valence-electron chi connectivity index (χ4n) is 3.25. The van der Waals surface area contributed by atoms with Crippen molar-refractivity contribution in [1.29, 1.82) is 0 Å². The number of aliphatic hydroxyl groups is 1. The Morgan fingerprint density at radius 3 is 2.70 bits per heavy atom. The van der Waals surface area contributed by atoms with E-state index in [1.165, 1.54) is 0 Å². The minimum absolute atomic E-state index is 0.0714. The van der Waals surface area contributed by atoms with Crippen molar-refractivity contribution in [2.24, 2.45) is 0 Å². The van der Waals surface area contributed by atoms with Crippen molar-refractivity contribution in [3.05, 3.63) is 45.9 Å². The molecule has 0 spiro atoms. The van der Waals surface area contributed by atoms with Gasteiger partial charge in [0.15, 0.2) is 11.5 Å². The van der Waals surface area contributed by atoms with Crippen LogP contribution in [0.5, 0.6) is 17.2 Å². The number of esters is 1. The van der Waals surface area contributed by atoms with Crippen molar-refractivity contribution < 1.29 is 28.8 Å². The van der Waals surface area contributed by atoms with Gasteiger partial charge in [-0.25, -0.2) is 4.79 Å². The lowest BCUT2D eigenvalue weighted by molar-refractivity contribution is -0.153. The first kappa shape index (κ1) is 25.2. The van der Waals surface area contributed by atoms with Gasteiger partial charge in [-0.3, -0.25) is 0 Å². The van der Waals surface area contributed by atoms with Crippen LogP contribution in [0.4, 0.5) is 5.69 Å². The largest absolute Gasteiger partial charge is 0.491 e. The quantitative estimate of drug-likeness (QED) is 0.338. The zero-order valence-corrected chi connectivity index (χ0v) is 20.0. The summed E-state index contributed by atoms with van der Waals surface area (Å²) in [5, 5.41) is 14.1. The average Bonchev–Trinajstić information content (AvgIpc) is 2.79. The molecular formula is C23H28Cl2N2O6. The highest BCUT2D eigenvalue weighted by molar-refractivity contribution is 6.39. The van der Waals surface area contributed by atoms with Crippen LogP contribution in [0, 0.1) is 0 Å². The Labute approximate surface area is 202 Å². The zero-order valence-electron chi connectivity index (χ0n) is 18.5. The average molecular weight is 499 g/mol. The summed E-state index contributed by atoms with van der Waals surface area (Å²) in [7, 11) is 0. The molecule has 3 rings (SSSR count). The number of nitrogens with one attached hydrogen (secondary N) is 1. The van der Waals surface area contributed by atoms with Gasteiger partial charge in [0.05, 0.1) is 22.3 Å². The first-order valence-corrected chi connectivity index (χ1v) is 11.4. The van der Waals surface area contributed by atoms with Gasteiger partial charge in [-0.05, 0) is 38.0 Å². The molecule has 1 aliphatic rings. The number of ether oxygens (including phenoxy) is 4. The molecule has 0 bridgehead atoms. The number of aliphatic hydroxyl groups excluding tert-OH is 1. The molecule has 0 saturated carbocycles. The molecule has 1 unspecified atom stereocenters. The maximum Gasteiger partial charge on any atom is 0.350 e. The SMILES string of the molecule is CCOC(=O)C1COc2cc(C[C@@H](C)NC[C@H](O)COc3cc(Cl)c(N)c(Cl)c3)ccc2O1. The van der Waals surface area contributed by atoms with E-state index in [4.69, 9.17) is 47.9 Å². The third-order valence-corrected chi connectivity index (χ3v) is 5.58. The molecule has 2 aromatic rings. The minimum atomic E-state index is -0.757. The molecular weight excluding hydrogens is 471 g/mol. The lowest BCUT2D eigenvalue weighted by Crippen LogP contribution is -2.38. The number of carbonyl (C=O) groups excluding carboxylic acids is 1. The molecule has 2 aromatic carbocycles. The van der Waals surface area contributed by atoms with Crippen LogP contribution in [0.25, 0.3) is 0 Å². The van der Waals surface area contributed by atoms with Gasteiger partial charge in [0.25, 0.3) is 0 Å². The lowest BCUT2D eigenvalue weighted by Gasteiger charge is -2.25. The van der Waals surface area contributed by atoms with Gasteiger partial charge in [-0.1, -0.05) is 29.3 Å². The number of halogens is 2. The lowest BCUT2D eigenvalue weighted by atomic mass is 10.1. The summed E-state index contributed by atoms with van der Waals surface area (Å²) >= 11 is 12.0. The molecule has 0 saturated heterocycles. The molecule has 1 aliphatic heterocycles. The van der Waals surface area contributed by atoms with Crippen LogP contribution < -0.4 is 25.3 Å². The van der Waals surface area contributed by atoms with E-state index in [1.807, 2.05) is 19.1 Å². The van der Waals surface area contributed by atoms with Crippen molar-refractivity contribution in [2.45, 2.75) is 38.5 Å². The first-order chi connectivity index (χ1) is 15.8. The van der Waals surface area contributed by atoms with E-state index in [0.29, 0.717) is 52.6 Å². The second kappa shape index (κ2) is 11.7. The number of nitrogen functional groups attached to an aromatic ring is 1. The van der Waals surface area contributed by atoms with Crippen molar-refractivity contribution >= 4 is 34.9 Å². The predicted octanol–water partition coefficient (Wildman–Crippen LogP) is 3.24. The number of nitrogens with two attached hydrogens (primary N) is 1. The molecule has 33 heavy (non-hydrogen) atoms. The molecule has 180 valence electrons. The molecule has 4 N–H and O–H groups in total. The van der Waals surface area contributed by atoms with Gasteiger partial charge in [0.2, 0.25) is 6.10 Å². The molecule has 1 heterocycles. The number of hydrogen-bond acceptors (Lipinski definition) is 8. The minimum Gasteiger partial charge on any atom is -0.491 e. The van der Waals surface area contributed by atoms with E-state index in [9.17, 15) is 9.90 Å². The topological polar surface area (TPSA) is 112 Å². The maximum atomic E-state index is 11.8. The highest BCUT2D eigenvalue weighted by Crippen LogP contribution is 2.33. The second-order valence-electron chi connectivity index (χ2n) is 7.73. The highest BCUT2D eigenvalue weighted by Gasteiger charge is 2.28. The summed E-state index contributed by atoms with van der Waals surface area (Å²) in [5.41, 5.74) is 7.03. The number of hydrogen-bond donors (Lipinski definition) is 3. The van der Waals surface area contributed by atoms with E-state index in [2.05, 4.69) is 5.32 Å². The third-order valence-electron chi connectivity index (χ3n) is 4.96. The predicted molar refractivity (Wildman–Crippen MR) is 127 cm³/mol. The second-order valence-corrected chi connectivity index (χ2v) is 8.54. The van der Waals surface area contributed by atoms with Crippen molar-refractivity contribution in [2.75, 3.05) is 32.1 Å². The van der Waals surface area contributed by atoms with Crippen LogP contribution in [0.2, 0.25) is 10.0 Å². The summed E-state index contributed by atoms with van der Waals surface area (Å²) in [6.45, 7) is 4.57. The Morgan fingerprint density at radius 2 is 2.00 bits per heavy atom. The number of rotatable bonds is 10. The number of benzene rings is 2. The number of anilines is 1. The monoisotopic (exact) mass is 498 g/mol. The molecule has 0 aromatic heterocycles. The van der Waals surface area contributed by atoms with E-state index in [-0.39, 0.29) is 19.3 Å². The molecule has 10 heteroatoms. The Kier molecular flexibility index (Phi) is 8.91. The van der Waals surface area contributed by atoms with Crippen molar-refractivity contribution in [1.82, 2.24) is 5.32 Å². The zero-order chi connectivity index (χ0) is 24.0. The van der Waals surface area contributed by atoms with Gasteiger partial charge in [-0.15, -0.1) is 0 Å². The fourth-order valence-corrected chi connectivity index (χ4v) is 3.72. The number of fused-ring (bicyclic) bond motifs is 1. The van der Waals surface area contributed by atoms with Crippen LogP contribution in [0.15, 0.2) is 30.3 Å². The van der Waals surface area contributed by atoms with E-state index >= 15 is 0 Å². The van der Waals surface area contributed by atoms with Gasteiger partial charge < -0.3 is 35.1 Å². The van der Waals surface area contributed by atoms with Gasteiger partial charge in [-0.2, -0.15) is 0 Å². The van der Waals surface area contributed by atoms with Crippen LogP contribution in [0.1, 0.15) is 19.4 Å². The Morgan fingerprint density at radius 1 is 1.27 bits per heavy atom. The van der Waals surface area contributed by atoms with E-state index in [0.717, 1.165) is 5.56 Å². The van der Waals surface area contributed by atoms with Crippen LogP contribution in [-0.4, -0.2) is 55.7 Å². The normalized spacial score (nSPS) is 16.7. The van der Waals surface area contributed by atoms with Gasteiger partial charge in [0, 0.05) is 24.7 Å². The molecule has 8 nitrogen and oxygen atoms in total. The highest BCUT2D eigenvalue weighted by atomic mass is 35.5. The Hall–Kier alpha value is -2.39. The van der Waals surface area contributed by atoms with Gasteiger partial charge >= 0.3 is 5.97 Å². The first-order valence-electron chi connectivity index (χ1n) is 10.6.